The van der Waals surface area contributed by atoms with Gasteiger partial charge in [0.05, 0.1) is 0 Å². The van der Waals surface area contributed by atoms with E-state index in [1.165, 1.54) is 21.2 Å². The Balaban J connectivity index is 1.99. The molecule has 4 rings (SSSR count). The first-order valence-electron chi connectivity index (χ1n) is 11.6. The van der Waals surface area contributed by atoms with Crippen molar-refractivity contribution in [3.05, 3.63) is 121 Å². The van der Waals surface area contributed by atoms with E-state index in [0.29, 0.717) is 6.04 Å². The highest BCUT2D eigenvalue weighted by atomic mass is 31.2. The molecule has 0 bridgehead atoms. The van der Waals surface area contributed by atoms with Crippen molar-refractivity contribution in [3.63, 3.8) is 0 Å². The van der Waals surface area contributed by atoms with Crippen molar-refractivity contribution in [3.8, 4) is 0 Å². The molecule has 33 heavy (non-hydrogen) atoms. The third kappa shape index (κ3) is 5.62. The third-order valence-corrected chi connectivity index (χ3v) is 11.7. The molecule has 3 heteroatoms. The van der Waals surface area contributed by atoms with Gasteiger partial charge in [-0.2, -0.15) is 0 Å². The minimum absolute atomic E-state index is 0.119. The van der Waals surface area contributed by atoms with Crippen LogP contribution in [0, 0.1) is 5.41 Å². The van der Waals surface area contributed by atoms with Crippen LogP contribution < -0.4 is 21.2 Å². The maximum Gasteiger partial charge on any atom is 0.0325 e. The molecule has 0 N–H and O–H groups in total. The van der Waals surface area contributed by atoms with Crippen LogP contribution in [-0.4, -0.2) is 10.5 Å². The lowest BCUT2D eigenvalue weighted by Gasteiger charge is -2.47. The number of nitrogens with zero attached hydrogens (tertiary/aromatic N) is 1. The molecule has 0 saturated carbocycles. The van der Waals surface area contributed by atoms with E-state index in [1.807, 2.05) is 0 Å². The number of hydrogen-bond donors (Lipinski definition) is 0. The minimum Gasteiger partial charge on any atom is -0.241 e. The number of benzene rings is 4. The van der Waals surface area contributed by atoms with Crippen LogP contribution in [0.25, 0.3) is 0 Å². The molecule has 0 aromatic heterocycles. The standard InChI is InChI=1S/C30H33NP2/c1-25(30(2,3)4)31(32(26-17-9-5-10-18-26)27-19-11-6-12-20-27)33(28-21-13-7-14-22-28)29-23-15-8-16-24-29/h5-25H,1-4H3/t25-/m0/s1. The molecule has 1 nitrogen and oxygen atoms in total. The molecule has 0 saturated heterocycles. The van der Waals surface area contributed by atoms with Gasteiger partial charge < -0.3 is 0 Å². The molecule has 0 radical (unpaired) electrons. The van der Waals surface area contributed by atoms with Gasteiger partial charge in [-0.15, -0.1) is 0 Å². The summed E-state index contributed by atoms with van der Waals surface area (Å²) in [5.41, 5.74) is 0.119. The molecular formula is C30H33NP2. The Kier molecular flexibility index (Phi) is 7.77. The van der Waals surface area contributed by atoms with Gasteiger partial charge in [0.25, 0.3) is 0 Å². The molecule has 0 aliphatic rings. The molecule has 0 amide bonds. The van der Waals surface area contributed by atoms with Crippen LogP contribution in [0.4, 0.5) is 0 Å². The molecule has 1 atom stereocenters. The Bertz CT molecular complexity index is 948. The van der Waals surface area contributed by atoms with Crippen LogP contribution in [-0.2, 0) is 0 Å². The Morgan fingerprint density at radius 1 is 0.485 bits per heavy atom. The van der Waals surface area contributed by atoms with Gasteiger partial charge in [-0.05, 0) is 33.6 Å². The van der Waals surface area contributed by atoms with Crippen LogP contribution in [0.1, 0.15) is 27.7 Å². The summed E-state index contributed by atoms with van der Waals surface area (Å²) in [4.78, 5) is 0. The van der Waals surface area contributed by atoms with E-state index in [1.54, 1.807) is 0 Å². The Hall–Kier alpha value is -2.30. The topological polar surface area (TPSA) is 3.24 Å². The maximum atomic E-state index is 2.86. The number of hydrogen-bond acceptors (Lipinski definition) is 1. The smallest absolute Gasteiger partial charge is 0.0325 e. The zero-order valence-corrected chi connectivity index (χ0v) is 21.8. The third-order valence-electron chi connectivity index (χ3n) is 6.01. The van der Waals surface area contributed by atoms with Crippen LogP contribution in [0.5, 0.6) is 0 Å². The first kappa shape index (κ1) is 23.8. The summed E-state index contributed by atoms with van der Waals surface area (Å²) in [5, 5.41) is 5.59. The van der Waals surface area contributed by atoms with E-state index in [4.69, 9.17) is 0 Å². The summed E-state index contributed by atoms with van der Waals surface area (Å²) < 4.78 is 2.86. The summed E-state index contributed by atoms with van der Waals surface area (Å²) in [6.45, 7) is 9.54. The van der Waals surface area contributed by atoms with Crippen molar-refractivity contribution in [2.75, 3.05) is 0 Å². The fraction of sp³-hybridized carbons (Fsp3) is 0.200. The van der Waals surface area contributed by atoms with Crippen molar-refractivity contribution >= 4 is 37.4 Å². The largest absolute Gasteiger partial charge is 0.241 e. The molecule has 4 aromatic rings. The van der Waals surface area contributed by atoms with Gasteiger partial charge in [0, 0.05) is 22.2 Å². The lowest BCUT2D eigenvalue weighted by Crippen LogP contribution is -2.43. The molecule has 168 valence electrons. The van der Waals surface area contributed by atoms with Crippen LogP contribution in [0.15, 0.2) is 121 Å². The lowest BCUT2D eigenvalue weighted by molar-refractivity contribution is 0.268. The first-order valence-corrected chi connectivity index (χ1v) is 14.2. The Labute approximate surface area is 202 Å². The van der Waals surface area contributed by atoms with Crippen LogP contribution in [0.3, 0.4) is 0 Å². The lowest BCUT2D eigenvalue weighted by atomic mass is 9.89. The molecule has 0 spiro atoms. The van der Waals surface area contributed by atoms with Crippen molar-refractivity contribution in [1.82, 2.24) is 4.44 Å². The van der Waals surface area contributed by atoms with E-state index in [-0.39, 0.29) is 5.41 Å². The zero-order chi connectivity index (χ0) is 23.3. The molecule has 0 aliphatic carbocycles. The summed E-state index contributed by atoms with van der Waals surface area (Å²) in [5.74, 6) is 0. The second-order valence-corrected chi connectivity index (χ2v) is 13.8. The van der Waals surface area contributed by atoms with E-state index < -0.39 is 16.1 Å². The van der Waals surface area contributed by atoms with E-state index >= 15 is 0 Å². The summed E-state index contributed by atoms with van der Waals surface area (Å²) in [6.07, 6.45) is 0. The fourth-order valence-corrected chi connectivity index (χ4v) is 10.5. The molecule has 0 unspecified atom stereocenters. The van der Waals surface area contributed by atoms with Crippen molar-refractivity contribution in [2.24, 2.45) is 5.41 Å². The quantitative estimate of drug-likeness (QED) is 0.269. The maximum absolute atomic E-state index is 2.86. The predicted octanol–water partition coefficient (Wildman–Crippen LogP) is 6.82. The van der Waals surface area contributed by atoms with Gasteiger partial charge in [0.15, 0.2) is 0 Å². The Morgan fingerprint density at radius 3 is 0.939 bits per heavy atom. The van der Waals surface area contributed by atoms with Gasteiger partial charge in [0.2, 0.25) is 0 Å². The van der Waals surface area contributed by atoms with Gasteiger partial charge in [0.1, 0.15) is 0 Å². The second kappa shape index (κ2) is 10.8. The van der Waals surface area contributed by atoms with Crippen molar-refractivity contribution in [1.29, 1.82) is 0 Å². The molecular weight excluding hydrogens is 436 g/mol. The normalized spacial score (nSPS) is 12.9. The molecule has 4 aromatic carbocycles. The predicted molar refractivity (Wildman–Crippen MR) is 149 cm³/mol. The molecule has 0 aliphatic heterocycles. The highest BCUT2D eigenvalue weighted by Crippen LogP contribution is 2.58. The van der Waals surface area contributed by atoms with Crippen molar-refractivity contribution < 1.29 is 0 Å². The molecule has 0 fully saturated rings. The van der Waals surface area contributed by atoms with E-state index in [9.17, 15) is 0 Å². The van der Waals surface area contributed by atoms with Crippen LogP contribution >= 0.6 is 16.1 Å². The van der Waals surface area contributed by atoms with Gasteiger partial charge in [-0.25, -0.2) is 4.44 Å². The monoisotopic (exact) mass is 469 g/mol. The Morgan fingerprint density at radius 2 is 0.727 bits per heavy atom. The molecule has 0 heterocycles. The first-order chi connectivity index (χ1) is 16.0. The summed E-state index contributed by atoms with van der Waals surface area (Å²) in [7, 11) is -1.48. The summed E-state index contributed by atoms with van der Waals surface area (Å²) in [6, 6.07) is 44.8. The number of rotatable bonds is 7. The zero-order valence-electron chi connectivity index (χ0n) is 20.0. The van der Waals surface area contributed by atoms with E-state index in [2.05, 4.69) is 153 Å². The summed E-state index contributed by atoms with van der Waals surface area (Å²) >= 11 is 0. The highest BCUT2D eigenvalue weighted by Gasteiger charge is 2.39. The van der Waals surface area contributed by atoms with Gasteiger partial charge in [-0.3, -0.25) is 0 Å². The van der Waals surface area contributed by atoms with E-state index in [0.717, 1.165) is 0 Å². The van der Waals surface area contributed by atoms with Crippen molar-refractivity contribution in [2.45, 2.75) is 33.7 Å². The fourth-order valence-electron chi connectivity index (χ4n) is 3.83. The minimum atomic E-state index is -0.742. The highest BCUT2D eigenvalue weighted by molar-refractivity contribution is 7.84. The SMILES string of the molecule is C[C@H](N(P(c1ccccc1)c1ccccc1)P(c1ccccc1)c1ccccc1)C(C)(C)C. The second-order valence-electron chi connectivity index (χ2n) is 9.33. The van der Waals surface area contributed by atoms with Gasteiger partial charge >= 0.3 is 0 Å². The van der Waals surface area contributed by atoms with Crippen LogP contribution in [0.2, 0.25) is 0 Å². The average Bonchev–Trinajstić information content (AvgIpc) is 2.85. The average molecular weight is 470 g/mol. The van der Waals surface area contributed by atoms with Gasteiger partial charge in [-0.1, -0.05) is 142 Å².